The Morgan fingerprint density at radius 1 is 0.881 bits per heavy atom. The number of nitrogens with zero attached hydrogens (tertiary/aromatic N) is 2. The minimum Gasteiger partial charge on any atom is -0.446 e. The van der Waals surface area contributed by atoms with Gasteiger partial charge in [-0.05, 0) is 54.2 Å². The minimum absolute atomic E-state index is 0.0699. The zero-order chi connectivity index (χ0) is 30.4. The van der Waals surface area contributed by atoms with E-state index in [9.17, 15) is 13.2 Å². The highest BCUT2D eigenvalue weighted by molar-refractivity contribution is 7.92. The third-order valence-corrected chi connectivity index (χ3v) is 8.96. The number of fused-ring (bicyclic) bond motifs is 4. The van der Waals surface area contributed by atoms with Gasteiger partial charge in [-0.25, -0.2) is 18.1 Å². The van der Waals surface area contributed by atoms with Crippen molar-refractivity contribution in [3.8, 4) is 17.1 Å². The lowest BCUT2D eigenvalue weighted by molar-refractivity contribution is -0.0156. The van der Waals surface area contributed by atoms with Crippen molar-refractivity contribution in [2.75, 3.05) is 4.72 Å². The number of aromatic nitrogens is 2. The third kappa shape index (κ3) is 5.48. The highest BCUT2D eigenvalue weighted by atomic mass is 32.2. The molecule has 4 bridgehead atoms. The molecular weight excluding hydrogens is 548 g/mol. The van der Waals surface area contributed by atoms with Crippen molar-refractivity contribution in [1.82, 2.24) is 15.3 Å². The molecule has 1 atom stereocenters. The van der Waals surface area contributed by atoms with E-state index >= 15 is 0 Å². The zero-order valence-corrected chi connectivity index (χ0v) is 25.8. The predicted molar refractivity (Wildman–Crippen MR) is 164 cm³/mol. The lowest BCUT2D eigenvalue weighted by Crippen LogP contribution is -2.54. The van der Waals surface area contributed by atoms with Crippen molar-refractivity contribution in [2.24, 2.45) is 5.92 Å². The molecule has 0 spiro atoms. The van der Waals surface area contributed by atoms with Crippen LogP contribution in [0.4, 0.5) is 5.95 Å². The second-order valence-corrected chi connectivity index (χ2v) is 13.8. The summed E-state index contributed by atoms with van der Waals surface area (Å²) in [6, 6.07) is 21.4. The second-order valence-electron chi connectivity index (χ2n) is 12.1. The molecular formula is C33H36N4O4S. The van der Waals surface area contributed by atoms with Gasteiger partial charge in [0.15, 0.2) is 0 Å². The molecule has 0 saturated carbocycles. The summed E-state index contributed by atoms with van der Waals surface area (Å²) in [6.45, 7) is 14.3. The molecule has 2 heterocycles. The first-order valence-corrected chi connectivity index (χ1v) is 15.4. The highest BCUT2D eigenvalue weighted by Crippen LogP contribution is 2.37. The summed E-state index contributed by atoms with van der Waals surface area (Å²) in [6.07, 6.45) is 0. The second kappa shape index (κ2) is 10.5. The van der Waals surface area contributed by atoms with Crippen molar-refractivity contribution >= 4 is 21.9 Å². The Kier molecular flexibility index (Phi) is 7.35. The molecule has 2 N–H and O–H groups in total. The Hall–Kier alpha value is -4.24. The van der Waals surface area contributed by atoms with Gasteiger partial charge in [-0.3, -0.25) is 4.79 Å². The molecule has 1 aromatic heterocycles. The van der Waals surface area contributed by atoms with Gasteiger partial charge in [-0.2, -0.15) is 4.98 Å². The number of carbonyl (C=O) groups is 1. The number of anilines is 1. The first-order valence-electron chi connectivity index (χ1n) is 13.9. The molecule has 3 aromatic carbocycles. The maximum Gasteiger partial charge on any atom is 0.264 e. The molecule has 0 radical (unpaired) electrons. The Balaban J connectivity index is 1.78. The largest absolute Gasteiger partial charge is 0.446 e. The van der Waals surface area contributed by atoms with Crippen LogP contribution in [0.2, 0.25) is 0 Å². The summed E-state index contributed by atoms with van der Waals surface area (Å²) >= 11 is 0. The Morgan fingerprint density at radius 2 is 1.52 bits per heavy atom. The molecule has 1 aliphatic rings. The molecule has 0 aliphatic carbocycles. The first-order chi connectivity index (χ1) is 19.7. The number of hydrogen-bond donors (Lipinski definition) is 2. The van der Waals surface area contributed by atoms with E-state index in [0.29, 0.717) is 5.69 Å². The van der Waals surface area contributed by atoms with Crippen molar-refractivity contribution in [2.45, 2.75) is 64.5 Å². The van der Waals surface area contributed by atoms with Crippen LogP contribution in [0.15, 0.2) is 77.7 Å². The fourth-order valence-corrected chi connectivity index (χ4v) is 6.22. The number of hydrogen-bond acceptors (Lipinski definition) is 6. The van der Waals surface area contributed by atoms with Gasteiger partial charge in [0, 0.05) is 28.7 Å². The fourth-order valence-electron chi connectivity index (χ4n) is 5.23. The van der Waals surface area contributed by atoms with E-state index in [2.05, 4.69) is 40.8 Å². The molecule has 1 aliphatic heterocycles. The van der Waals surface area contributed by atoms with Gasteiger partial charge in [0.25, 0.3) is 15.9 Å². The van der Waals surface area contributed by atoms with Gasteiger partial charge in [0.2, 0.25) is 17.6 Å². The number of aryl methyl sites for hydroxylation is 2. The van der Waals surface area contributed by atoms with Gasteiger partial charge >= 0.3 is 0 Å². The highest BCUT2D eigenvalue weighted by Gasteiger charge is 2.42. The summed E-state index contributed by atoms with van der Waals surface area (Å²) in [5.74, 6) is -0.779. The van der Waals surface area contributed by atoms with Crippen LogP contribution in [0, 0.1) is 19.8 Å². The number of ether oxygens (including phenoxy) is 1. The average molecular weight is 585 g/mol. The molecule has 1 amide bonds. The minimum atomic E-state index is -4.12. The number of sulfonamides is 1. The Labute approximate surface area is 247 Å². The molecule has 218 valence electrons. The first kappa shape index (κ1) is 29.3. The standard InChI is InChI=1S/C33H36N4O4S/c1-20(2)33(25-16-14-24(15-17-25)32(5,6)7)36-30(38)23-12-9-13-26(18-23)42(39,40)37-31-34-27(19-28(35-31)41-33)29-21(3)10-8-11-22(29)4/h8-20H,1-7H3,(H,36,38)(H,34,35,37)/t33-/m1/s1. The van der Waals surface area contributed by atoms with Gasteiger partial charge in [0.05, 0.1) is 10.6 Å². The molecule has 0 saturated heterocycles. The molecule has 0 unspecified atom stereocenters. The van der Waals surface area contributed by atoms with Crippen LogP contribution in [0.5, 0.6) is 5.88 Å². The van der Waals surface area contributed by atoms with Gasteiger partial charge in [0.1, 0.15) is 0 Å². The Morgan fingerprint density at radius 3 is 2.14 bits per heavy atom. The lowest BCUT2D eigenvalue weighted by Gasteiger charge is -2.39. The number of benzene rings is 3. The molecule has 8 nitrogen and oxygen atoms in total. The summed E-state index contributed by atoms with van der Waals surface area (Å²) in [5.41, 5.74) is 3.87. The van der Waals surface area contributed by atoms with Crippen LogP contribution in [-0.4, -0.2) is 24.3 Å². The normalized spacial score (nSPS) is 18.2. The van der Waals surface area contributed by atoms with Gasteiger partial charge < -0.3 is 10.1 Å². The average Bonchev–Trinajstić information content (AvgIpc) is 2.91. The van der Waals surface area contributed by atoms with Crippen LogP contribution in [0.25, 0.3) is 11.3 Å². The molecule has 5 rings (SSSR count). The predicted octanol–water partition coefficient (Wildman–Crippen LogP) is 6.49. The smallest absolute Gasteiger partial charge is 0.264 e. The quantitative estimate of drug-likeness (QED) is 0.285. The van der Waals surface area contributed by atoms with E-state index < -0.39 is 21.7 Å². The molecule has 0 fully saturated rings. The molecule has 9 heteroatoms. The zero-order valence-electron chi connectivity index (χ0n) is 24.9. The summed E-state index contributed by atoms with van der Waals surface area (Å²) < 4.78 is 36.0. The van der Waals surface area contributed by atoms with Crippen LogP contribution in [0.1, 0.15) is 67.2 Å². The van der Waals surface area contributed by atoms with E-state index in [1.54, 1.807) is 12.1 Å². The molecule has 42 heavy (non-hydrogen) atoms. The van der Waals surface area contributed by atoms with Crippen molar-refractivity contribution in [1.29, 1.82) is 0 Å². The summed E-state index contributed by atoms with van der Waals surface area (Å²) in [7, 11) is -4.12. The van der Waals surface area contributed by atoms with Crippen molar-refractivity contribution in [3.63, 3.8) is 0 Å². The topological polar surface area (TPSA) is 110 Å². The van der Waals surface area contributed by atoms with Crippen molar-refractivity contribution in [3.05, 3.63) is 101 Å². The number of carbonyl (C=O) groups excluding carboxylic acids is 1. The van der Waals surface area contributed by atoms with Gasteiger partial charge in [-0.15, -0.1) is 0 Å². The van der Waals surface area contributed by atoms with Crippen LogP contribution >= 0.6 is 0 Å². The van der Waals surface area contributed by atoms with E-state index in [1.165, 1.54) is 18.2 Å². The van der Waals surface area contributed by atoms with Crippen molar-refractivity contribution < 1.29 is 17.9 Å². The van der Waals surface area contributed by atoms with E-state index in [1.807, 2.05) is 70.2 Å². The maximum absolute atomic E-state index is 13.8. The third-order valence-electron chi connectivity index (χ3n) is 7.63. The van der Waals surface area contributed by atoms with E-state index in [4.69, 9.17) is 4.74 Å². The summed E-state index contributed by atoms with van der Waals surface area (Å²) in [4.78, 5) is 22.8. The SMILES string of the molecule is Cc1cccc(C)c1-c1cc2nc(n1)NS(=O)(=O)c1cccc(c1)C(=O)N[C@](c1ccc(C(C)(C)C)cc1)(C(C)C)O2. The van der Waals surface area contributed by atoms with Gasteiger partial charge in [-0.1, -0.05) is 83.1 Å². The maximum atomic E-state index is 13.8. The Bertz CT molecular complexity index is 1760. The lowest BCUT2D eigenvalue weighted by atomic mass is 9.84. The monoisotopic (exact) mass is 584 g/mol. The number of rotatable bonds is 3. The van der Waals surface area contributed by atoms with E-state index in [-0.39, 0.29) is 33.6 Å². The fraction of sp³-hybridized carbons (Fsp3) is 0.303. The van der Waals surface area contributed by atoms with Crippen LogP contribution in [-0.2, 0) is 21.2 Å². The van der Waals surface area contributed by atoms with E-state index in [0.717, 1.165) is 27.8 Å². The van der Waals surface area contributed by atoms with Crippen LogP contribution in [0.3, 0.4) is 0 Å². The molecule has 4 aromatic rings. The number of amides is 1. The number of nitrogens with one attached hydrogen (secondary N) is 2. The summed E-state index contributed by atoms with van der Waals surface area (Å²) in [5, 5.41) is 3.11. The van der Waals surface area contributed by atoms with Crippen LogP contribution < -0.4 is 14.8 Å².